The Balaban J connectivity index is 1.52. The third kappa shape index (κ3) is 2.92. The van der Waals surface area contributed by atoms with Crippen molar-refractivity contribution in [3.05, 3.63) is 63.6 Å². The van der Waals surface area contributed by atoms with E-state index < -0.39 is 17.5 Å². The Labute approximate surface area is 165 Å². The summed E-state index contributed by atoms with van der Waals surface area (Å²) in [4.78, 5) is 38.9. The van der Waals surface area contributed by atoms with Crippen LogP contribution in [0.5, 0.6) is 0 Å². The second-order valence-corrected chi connectivity index (χ2v) is 7.75. The molecule has 0 saturated carbocycles. The molecular weight excluding hydrogens is 410 g/mol. The van der Waals surface area contributed by atoms with Gasteiger partial charge in [0.25, 0.3) is 5.91 Å². The largest absolute Gasteiger partial charge is 0.325 e. The van der Waals surface area contributed by atoms with E-state index in [1.165, 1.54) is 0 Å². The predicted octanol–water partition coefficient (Wildman–Crippen LogP) is 3.09. The molecule has 2 aliphatic rings. The highest BCUT2D eigenvalue weighted by molar-refractivity contribution is 9.10. The molecular formula is C20H18BrN3O3. The number of amides is 4. The summed E-state index contributed by atoms with van der Waals surface area (Å²) in [6, 6.07) is 12.5. The van der Waals surface area contributed by atoms with Crippen molar-refractivity contribution < 1.29 is 14.4 Å². The maximum atomic E-state index is 13.0. The van der Waals surface area contributed by atoms with E-state index in [9.17, 15) is 14.4 Å². The Morgan fingerprint density at radius 1 is 1.26 bits per heavy atom. The van der Waals surface area contributed by atoms with Gasteiger partial charge in [0.05, 0.1) is 0 Å². The lowest BCUT2D eigenvalue weighted by Crippen LogP contribution is -2.43. The van der Waals surface area contributed by atoms with Crippen molar-refractivity contribution in [2.24, 2.45) is 0 Å². The molecule has 0 bridgehead atoms. The second-order valence-electron chi connectivity index (χ2n) is 6.90. The minimum atomic E-state index is -1.04. The quantitative estimate of drug-likeness (QED) is 0.738. The summed E-state index contributed by atoms with van der Waals surface area (Å²) in [5.74, 6) is -0.775. The normalized spacial score (nSPS) is 20.7. The van der Waals surface area contributed by atoms with Crippen LogP contribution >= 0.6 is 15.9 Å². The molecule has 1 aliphatic heterocycles. The number of halogens is 1. The summed E-state index contributed by atoms with van der Waals surface area (Å²) >= 11 is 3.41. The van der Waals surface area contributed by atoms with E-state index in [0.717, 1.165) is 32.5 Å². The molecule has 1 spiro atoms. The Morgan fingerprint density at radius 2 is 2.04 bits per heavy atom. The highest BCUT2D eigenvalue weighted by atomic mass is 79.9. The third-order valence-corrected chi connectivity index (χ3v) is 6.06. The molecule has 6 nitrogen and oxygen atoms in total. The Kier molecular flexibility index (Phi) is 4.26. The molecule has 4 amide bonds. The van der Waals surface area contributed by atoms with Gasteiger partial charge in [0.15, 0.2) is 0 Å². The molecule has 27 heavy (non-hydrogen) atoms. The highest BCUT2D eigenvalue weighted by Gasteiger charge is 2.55. The number of aryl methyl sites for hydroxylation is 2. The number of anilines is 1. The van der Waals surface area contributed by atoms with Crippen molar-refractivity contribution in [2.45, 2.75) is 25.3 Å². The number of hydrogen-bond donors (Lipinski definition) is 2. The molecule has 1 fully saturated rings. The number of nitrogens with zero attached hydrogens (tertiary/aromatic N) is 1. The zero-order chi connectivity index (χ0) is 19.2. The summed E-state index contributed by atoms with van der Waals surface area (Å²) in [6.07, 6.45) is 1.24. The lowest BCUT2D eigenvalue weighted by atomic mass is 9.92. The van der Waals surface area contributed by atoms with Gasteiger partial charge in [0.1, 0.15) is 12.1 Å². The van der Waals surface area contributed by atoms with Crippen molar-refractivity contribution in [3.63, 3.8) is 0 Å². The zero-order valence-electron chi connectivity index (χ0n) is 14.7. The monoisotopic (exact) mass is 427 g/mol. The van der Waals surface area contributed by atoms with Crippen molar-refractivity contribution in [3.8, 4) is 0 Å². The first-order chi connectivity index (χ1) is 12.9. The lowest BCUT2D eigenvalue weighted by Gasteiger charge is -2.22. The SMILES string of the molecule is Cc1cc(NC(=O)CN2C(=O)NC3(CCc4ccccc43)C2=O)ccc1Br. The average Bonchev–Trinajstić information content (AvgIpc) is 3.12. The molecule has 1 atom stereocenters. The van der Waals surface area contributed by atoms with E-state index in [-0.39, 0.29) is 12.5 Å². The van der Waals surface area contributed by atoms with E-state index in [1.807, 2.05) is 43.3 Å². The van der Waals surface area contributed by atoms with Crippen molar-refractivity contribution in [2.75, 3.05) is 11.9 Å². The van der Waals surface area contributed by atoms with Crippen LogP contribution in [0.4, 0.5) is 10.5 Å². The molecule has 1 unspecified atom stereocenters. The summed E-state index contributed by atoms with van der Waals surface area (Å²) in [6.45, 7) is 1.60. The first kappa shape index (κ1) is 17.7. The molecule has 2 aromatic carbocycles. The fourth-order valence-corrected chi connectivity index (χ4v) is 4.05. The van der Waals surface area contributed by atoms with Gasteiger partial charge in [0.2, 0.25) is 5.91 Å². The summed E-state index contributed by atoms with van der Waals surface area (Å²) in [7, 11) is 0. The van der Waals surface area contributed by atoms with Gasteiger partial charge in [0, 0.05) is 10.2 Å². The van der Waals surface area contributed by atoms with Gasteiger partial charge in [-0.15, -0.1) is 0 Å². The van der Waals surface area contributed by atoms with Gasteiger partial charge in [-0.05, 0) is 54.7 Å². The van der Waals surface area contributed by atoms with Gasteiger partial charge in [-0.2, -0.15) is 0 Å². The summed E-state index contributed by atoms with van der Waals surface area (Å²) in [5.41, 5.74) is 2.44. The number of imide groups is 1. The van der Waals surface area contributed by atoms with E-state index in [4.69, 9.17) is 0 Å². The maximum Gasteiger partial charge on any atom is 0.325 e. The number of hydrogen-bond acceptors (Lipinski definition) is 3. The van der Waals surface area contributed by atoms with E-state index in [2.05, 4.69) is 26.6 Å². The molecule has 0 aromatic heterocycles. The van der Waals surface area contributed by atoms with E-state index in [0.29, 0.717) is 12.1 Å². The molecule has 1 aliphatic carbocycles. The van der Waals surface area contributed by atoms with Crippen molar-refractivity contribution in [1.82, 2.24) is 10.2 Å². The lowest BCUT2D eigenvalue weighted by molar-refractivity contribution is -0.134. The molecule has 2 N–H and O–H groups in total. The first-order valence-electron chi connectivity index (χ1n) is 8.69. The van der Waals surface area contributed by atoms with Gasteiger partial charge in [-0.25, -0.2) is 4.79 Å². The molecule has 138 valence electrons. The number of urea groups is 1. The number of rotatable bonds is 3. The summed E-state index contributed by atoms with van der Waals surface area (Å²) < 4.78 is 0.941. The van der Waals surface area contributed by atoms with Crippen LogP contribution in [0.2, 0.25) is 0 Å². The number of benzene rings is 2. The van der Waals surface area contributed by atoms with Gasteiger partial charge in [-0.3, -0.25) is 14.5 Å². The van der Waals surface area contributed by atoms with Crippen LogP contribution in [0.25, 0.3) is 0 Å². The Hall–Kier alpha value is -2.67. The molecule has 1 heterocycles. The predicted molar refractivity (Wildman–Crippen MR) is 104 cm³/mol. The summed E-state index contributed by atoms with van der Waals surface area (Å²) in [5, 5.41) is 5.56. The topological polar surface area (TPSA) is 78.5 Å². The Bertz CT molecular complexity index is 975. The minimum absolute atomic E-state index is 0.316. The fraction of sp³-hybridized carbons (Fsp3) is 0.250. The fourth-order valence-electron chi connectivity index (χ4n) is 3.80. The van der Waals surface area contributed by atoms with Crippen molar-refractivity contribution in [1.29, 1.82) is 0 Å². The van der Waals surface area contributed by atoms with Gasteiger partial charge in [-0.1, -0.05) is 40.2 Å². The number of carbonyl (C=O) groups is 3. The smallest absolute Gasteiger partial charge is 0.325 e. The maximum absolute atomic E-state index is 13.0. The van der Waals surface area contributed by atoms with Gasteiger partial charge >= 0.3 is 6.03 Å². The minimum Gasteiger partial charge on any atom is -0.325 e. The molecule has 1 saturated heterocycles. The molecule has 4 rings (SSSR count). The van der Waals surface area contributed by atoms with Crippen molar-refractivity contribution >= 4 is 39.5 Å². The average molecular weight is 428 g/mol. The van der Waals surface area contributed by atoms with Crippen LogP contribution in [0.1, 0.15) is 23.1 Å². The standard InChI is InChI=1S/C20H18BrN3O3/c1-12-10-14(6-7-16(12)21)22-17(25)11-24-18(26)20(23-19(24)27)9-8-13-4-2-3-5-15(13)20/h2-7,10H,8-9,11H2,1H3,(H,22,25)(H,23,27). The van der Waals surface area contributed by atoms with Gasteiger partial charge < -0.3 is 10.6 Å². The van der Waals surface area contributed by atoms with Crippen LogP contribution in [0.15, 0.2) is 46.9 Å². The Morgan fingerprint density at radius 3 is 2.81 bits per heavy atom. The number of carbonyl (C=O) groups excluding carboxylic acids is 3. The van der Waals surface area contributed by atoms with Crippen LogP contribution < -0.4 is 10.6 Å². The molecule has 7 heteroatoms. The second kappa shape index (κ2) is 6.49. The van der Waals surface area contributed by atoms with Crippen LogP contribution in [0, 0.1) is 6.92 Å². The van der Waals surface area contributed by atoms with Crippen LogP contribution in [0.3, 0.4) is 0 Å². The highest BCUT2D eigenvalue weighted by Crippen LogP contribution is 2.41. The zero-order valence-corrected chi connectivity index (χ0v) is 16.3. The number of fused-ring (bicyclic) bond motifs is 2. The first-order valence-corrected chi connectivity index (χ1v) is 9.48. The third-order valence-electron chi connectivity index (χ3n) is 5.17. The van der Waals surface area contributed by atoms with Crippen LogP contribution in [-0.2, 0) is 21.5 Å². The van der Waals surface area contributed by atoms with Crippen LogP contribution in [-0.4, -0.2) is 29.3 Å². The molecule has 0 radical (unpaired) electrons. The van der Waals surface area contributed by atoms with E-state index >= 15 is 0 Å². The van der Waals surface area contributed by atoms with E-state index in [1.54, 1.807) is 6.07 Å². The number of nitrogens with one attached hydrogen (secondary N) is 2. The molecule has 2 aromatic rings.